The SMILES string of the molecule is CN(Cc1ccc2nsnc2c1)C(=O)CN1CCc2ccccc2C1. The maximum absolute atomic E-state index is 12.6. The summed E-state index contributed by atoms with van der Waals surface area (Å²) in [6.45, 7) is 2.85. The molecule has 0 atom stereocenters. The molecule has 0 radical (unpaired) electrons. The van der Waals surface area contributed by atoms with E-state index >= 15 is 0 Å². The lowest BCUT2D eigenvalue weighted by Gasteiger charge is -2.29. The topological polar surface area (TPSA) is 49.3 Å². The van der Waals surface area contributed by atoms with Crippen LogP contribution in [0.1, 0.15) is 16.7 Å². The van der Waals surface area contributed by atoms with Crippen molar-refractivity contribution in [3.8, 4) is 0 Å². The van der Waals surface area contributed by atoms with Crippen molar-refractivity contribution in [1.29, 1.82) is 0 Å². The molecule has 0 aliphatic carbocycles. The van der Waals surface area contributed by atoms with Crippen molar-refractivity contribution in [2.75, 3.05) is 20.1 Å². The molecule has 0 saturated carbocycles. The highest BCUT2D eigenvalue weighted by Gasteiger charge is 2.20. The van der Waals surface area contributed by atoms with Crippen LogP contribution in [-0.2, 0) is 24.3 Å². The van der Waals surface area contributed by atoms with E-state index in [0.29, 0.717) is 13.1 Å². The van der Waals surface area contributed by atoms with Gasteiger partial charge >= 0.3 is 0 Å². The Kier molecular flexibility index (Phi) is 4.46. The average molecular weight is 352 g/mol. The van der Waals surface area contributed by atoms with Crippen LogP contribution in [0.2, 0.25) is 0 Å². The highest BCUT2D eigenvalue weighted by atomic mass is 32.1. The lowest BCUT2D eigenvalue weighted by molar-refractivity contribution is -0.131. The van der Waals surface area contributed by atoms with Gasteiger partial charge in [-0.1, -0.05) is 30.3 Å². The number of likely N-dealkylation sites (N-methyl/N-ethyl adjacent to an activating group) is 1. The molecule has 6 heteroatoms. The molecule has 128 valence electrons. The van der Waals surface area contributed by atoms with Crippen molar-refractivity contribution in [1.82, 2.24) is 18.5 Å². The van der Waals surface area contributed by atoms with Gasteiger partial charge in [0.25, 0.3) is 0 Å². The lowest BCUT2D eigenvalue weighted by Crippen LogP contribution is -2.40. The van der Waals surface area contributed by atoms with E-state index in [1.807, 2.05) is 25.2 Å². The fourth-order valence-electron chi connectivity index (χ4n) is 3.29. The zero-order valence-corrected chi connectivity index (χ0v) is 15.0. The van der Waals surface area contributed by atoms with Gasteiger partial charge in [-0.05, 0) is 35.2 Å². The van der Waals surface area contributed by atoms with E-state index in [4.69, 9.17) is 0 Å². The maximum atomic E-state index is 12.6. The van der Waals surface area contributed by atoms with Crippen LogP contribution in [0.15, 0.2) is 42.5 Å². The molecule has 25 heavy (non-hydrogen) atoms. The number of hydrogen-bond donors (Lipinski definition) is 0. The van der Waals surface area contributed by atoms with E-state index in [0.717, 1.165) is 36.1 Å². The molecule has 0 fully saturated rings. The van der Waals surface area contributed by atoms with Crippen LogP contribution in [0.4, 0.5) is 0 Å². The minimum absolute atomic E-state index is 0.149. The van der Waals surface area contributed by atoms with Gasteiger partial charge in [0, 0.05) is 26.7 Å². The summed E-state index contributed by atoms with van der Waals surface area (Å²) in [6, 6.07) is 14.5. The fourth-order valence-corrected chi connectivity index (χ4v) is 3.81. The van der Waals surface area contributed by atoms with Crippen molar-refractivity contribution >= 4 is 28.7 Å². The molecular weight excluding hydrogens is 332 g/mol. The van der Waals surface area contributed by atoms with Crippen LogP contribution in [0.25, 0.3) is 11.0 Å². The molecule has 2 aromatic carbocycles. The molecule has 0 bridgehead atoms. The smallest absolute Gasteiger partial charge is 0.236 e. The molecule has 1 amide bonds. The minimum Gasteiger partial charge on any atom is -0.340 e. The van der Waals surface area contributed by atoms with Crippen molar-refractivity contribution in [3.05, 3.63) is 59.2 Å². The Bertz CT molecular complexity index is 907. The number of hydrogen-bond acceptors (Lipinski definition) is 5. The average Bonchev–Trinajstić information content (AvgIpc) is 3.09. The second-order valence-electron chi connectivity index (χ2n) is 6.57. The summed E-state index contributed by atoms with van der Waals surface area (Å²) in [6.07, 6.45) is 1.01. The molecule has 0 unspecified atom stereocenters. The van der Waals surface area contributed by atoms with Gasteiger partial charge in [0.1, 0.15) is 11.0 Å². The van der Waals surface area contributed by atoms with E-state index in [-0.39, 0.29) is 5.91 Å². The van der Waals surface area contributed by atoms with Crippen LogP contribution in [0.5, 0.6) is 0 Å². The van der Waals surface area contributed by atoms with Crippen LogP contribution in [-0.4, -0.2) is 44.6 Å². The minimum atomic E-state index is 0.149. The van der Waals surface area contributed by atoms with Crippen LogP contribution < -0.4 is 0 Å². The third kappa shape index (κ3) is 3.55. The molecule has 5 nitrogen and oxygen atoms in total. The first-order valence-corrected chi connectivity index (χ1v) is 9.16. The van der Waals surface area contributed by atoms with E-state index in [2.05, 4.69) is 37.9 Å². The Hall–Kier alpha value is -2.31. The Morgan fingerprint density at radius 2 is 1.96 bits per heavy atom. The van der Waals surface area contributed by atoms with Crippen LogP contribution in [0, 0.1) is 0 Å². The number of amides is 1. The van der Waals surface area contributed by atoms with Crippen LogP contribution in [0.3, 0.4) is 0 Å². The quantitative estimate of drug-likeness (QED) is 0.724. The predicted molar refractivity (Wildman–Crippen MR) is 99.3 cm³/mol. The Morgan fingerprint density at radius 3 is 2.84 bits per heavy atom. The van der Waals surface area contributed by atoms with Crippen molar-refractivity contribution in [2.45, 2.75) is 19.5 Å². The van der Waals surface area contributed by atoms with Crippen molar-refractivity contribution < 1.29 is 4.79 Å². The summed E-state index contributed by atoms with van der Waals surface area (Å²) in [5.41, 5.74) is 5.64. The van der Waals surface area contributed by atoms with Gasteiger partial charge in [-0.3, -0.25) is 9.69 Å². The van der Waals surface area contributed by atoms with E-state index < -0.39 is 0 Å². The molecule has 1 aliphatic rings. The molecule has 2 heterocycles. The van der Waals surface area contributed by atoms with Gasteiger partial charge in [0.2, 0.25) is 5.91 Å². The zero-order valence-electron chi connectivity index (χ0n) is 14.2. The zero-order chi connectivity index (χ0) is 17.2. The van der Waals surface area contributed by atoms with Crippen molar-refractivity contribution in [2.24, 2.45) is 0 Å². The number of rotatable bonds is 4. The van der Waals surface area contributed by atoms with E-state index in [1.165, 1.54) is 22.9 Å². The highest BCUT2D eigenvalue weighted by Crippen LogP contribution is 2.19. The van der Waals surface area contributed by atoms with Gasteiger partial charge < -0.3 is 4.90 Å². The number of nitrogens with zero attached hydrogens (tertiary/aromatic N) is 4. The Morgan fingerprint density at radius 1 is 1.16 bits per heavy atom. The fraction of sp³-hybridized carbons (Fsp3) is 0.316. The summed E-state index contributed by atoms with van der Waals surface area (Å²) < 4.78 is 8.48. The van der Waals surface area contributed by atoms with E-state index in [9.17, 15) is 4.79 Å². The second kappa shape index (κ2) is 6.90. The van der Waals surface area contributed by atoms with Gasteiger partial charge in [-0.2, -0.15) is 8.75 Å². The molecule has 1 aliphatic heterocycles. The second-order valence-corrected chi connectivity index (χ2v) is 7.09. The summed E-state index contributed by atoms with van der Waals surface area (Å²) in [5.74, 6) is 0.149. The lowest BCUT2D eigenvalue weighted by atomic mass is 10.00. The molecule has 0 N–H and O–H groups in total. The molecule has 0 saturated heterocycles. The summed E-state index contributed by atoms with van der Waals surface area (Å²) in [7, 11) is 1.86. The van der Waals surface area contributed by atoms with Gasteiger partial charge in [-0.15, -0.1) is 0 Å². The Balaban J connectivity index is 1.37. The first-order valence-electron chi connectivity index (χ1n) is 8.43. The first kappa shape index (κ1) is 16.2. The van der Waals surface area contributed by atoms with Gasteiger partial charge in [-0.25, -0.2) is 0 Å². The molecule has 1 aromatic heterocycles. The third-order valence-corrected chi connectivity index (χ3v) is 5.29. The first-order chi connectivity index (χ1) is 12.2. The number of carbonyl (C=O) groups excluding carboxylic acids is 1. The van der Waals surface area contributed by atoms with Gasteiger partial charge in [0.05, 0.1) is 18.3 Å². The Labute approximate surface area is 151 Å². The van der Waals surface area contributed by atoms with Crippen LogP contribution >= 0.6 is 11.7 Å². The largest absolute Gasteiger partial charge is 0.340 e. The standard InChI is InChI=1S/C19H20N4OS/c1-22(11-14-6-7-17-18(10-14)21-25-20-17)19(24)13-23-9-8-15-4-2-3-5-16(15)12-23/h2-7,10H,8-9,11-13H2,1H3. The highest BCUT2D eigenvalue weighted by molar-refractivity contribution is 7.00. The summed E-state index contributed by atoms with van der Waals surface area (Å²) in [4.78, 5) is 16.6. The molecule has 0 spiro atoms. The summed E-state index contributed by atoms with van der Waals surface area (Å²) >= 11 is 1.22. The van der Waals surface area contributed by atoms with E-state index in [1.54, 1.807) is 4.90 Å². The monoisotopic (exact) mass is 352 g/mol. The summed E-state index contributed by atoms with van der Waals surface area (Å²) in [5, 5.41) is 0. The predicted octanol–water partition coefficient (Wildman–Crippen LogP) is 2.71. The maximum Gasteiger partial charge on any atom is 0.236 e. The number of benzene rings is 2. The normalized spacial score (nSPS) is 14.4. The number of carbonyl (C=O) groups is 1. The molecular formula is C19H20N4OS. The number of aromatic nitrogens is 2. The molecule has 3 aromatic rings. The third-order valence-electron chi connectivity index (χ3n) is 4.73. The van der Waals surface area contributed by atoms with Gasteiger partial charge in [0.15, 0.2) is 0 Å². The van der Waals surface area contributed by atoms with Crippen molar-refractivity contribution in [3.63, 3.8) is 0 Å². The molecule has 4 rings (SSSR count). The number of fused-ring (bicyclic) bond motifs is 2.